The number of H-pyrrole nitrogens is 1. The summed E-state index contributed by atoms with van der Waals surface area (Å²) in [6, 6.07) is 13.6. The van der Waals surface area contributed by atoms with Gasteiger partial charge in [-0.1, -0.05) is 30.3 Å². The van der Waals surface area contributed by atoms with E-state index in [1.165, 1.54) is 17.0 Å². The summed E-state index contributed by atoms with van der Waals surface area (Å²) in [7, 11) is 0. The van der Waals surface area contributed by atoms with Crippen molar-refractivity contribution in [3.05, 3.63) is 83.6 Å². The van der Waals surface area contributed by atoms with Crippen molar-refractivity contribution >= 4 is 16.8 Å². The van der Waals surface area contributed by atoms with Gasteiger partial charge in [0.25, 0.3) is 5.91 Å². The summed E-state index contributed by atoms with van der Waals surface area (Å²) >= 11 is 0. The number of aryl methyl sites for hydroxylation is 1. The Kier molecular flexibility index (Phi) is 5.58. The molecule has 0 spiro atoms. The molecule has 1 unspecified atom stereocenters. The van der Waals surface area contributed by atoms with Gasteiger partial charge in [-0.3, -0.25) is 14.6 Å². The van der Waals surface area contributed by atoms with Crippen LogP contribution >= 0.6 is 0 Å². The van der Waals surface area contributed by atoms with Gasteiger partial charge in [0.2, 0.25) is 0 Å². The normalized spacial score (nSPS) is 12.2. The van der Waals surface area contributed by atoms with Crippen molar-refractivity contribution in [3.63, 3.8) is 0 Å². The Morgan fingerprint density at radius 2 is 2.07 bits per heavy atom. The van der Waals surface area contributed by atoms with Gasteiger partial charge in [-0.25, -0.2) is 4.39 Å². The number of carbonyl (C=O) groups is 1. The molecule has 2 N–H and O–H groups in total. The maximum Gasteiger partial charge on any atom is 0.275 e. The molecule has 1 atom stereocenters. The second kappa shape index (κ2) is 8.46. The van der Waals surface area contributed by atoms with Crippen LogP contribution in [0.25, 0.3) is 10.9 Å². The summed E-state index contributed by atoms with van der Waals surface area (Å²) in [5, 5.41) is 22.2. The number of nitrogens with zero attached hydrogens (tertiary/aromatic N) is 4. The molecule has 30 heavy (non-hydrogen) atoms. The molecular weight excluding hydrogens is 385 g/mol. The number of hydrogen-bond acceptors (Lipinski definition) is 4. The van der Waals surface area contributed by atoms with Crippen LogP contribution in [0.1, 0.15) is 34.6 Å². The van der Waals surface area contributed by atoms with Gasteiger partial charge in [-0.15, -0.1) is 0 Å². The Morgan fingerprint density at radius 1 is 1.27 bits per heavy atom. The van der Waals surface area contributed by atoms with Gasteiger partial charge in [0.15, 0.2) is 5.69 Å². The molecule has 154 valence electrons. The van der Waals surface area contributed by atoms with Crippen LogP contribution in [0.2, 0.25) is 0 Å². The van der Waals surface area contributed by atoms with Crippen LogP contribution in [0.5, 0.6) is 0 Å². The van der Waals surface area contributed by atoms with Crippen molar-refractivity contribution in [1.82, 2.24) is 24.9 Å². The molecule has 7 nitrogen and oxygen atoms in total. The van der Waals surface area contributed by atoms with E-state index in [2.05, 4.69) is 15.3 Å². The zero-order valence-electron chi connectivity index (χ0n) is 16.5. The third-order valence-corrected chi connectivity index (χ3v) is 4.99. The van der Waals surface area contributed by atoms with E-state index >= 15 is 0 Å². The first-order chi connectivity index (χ1) is 14.5. The first-order valence-electron chi connectivity index (χ1n) is 9.72. The lowest BCUT2D eigenvalue weighted by Crippen LogP contribution is -2.34. The van der Waals surface area contributed by atoms with Gasteiger partial charge in [0.1, 0.15) is 5.82 Å². The van der Waals surface area contributed by atoms with Gasteiger partial charge in [-0.2, -0.15) is 10.2 Å². The summed E-state index contributed by atoms with van der Waals surface area (Å²) in [6.45, 7) is 2.97. The topological polar surface area (TPSA) is 87.0 Å². The molecule has 1 amide bonds. The van der Waals surface area contributed by atoms with Crippen molar-refractivity contribution in [2.24, 2.45) is 0 Å². The molecule has 0 fully saturated rings. The zero-order chi connectivity index (χ0) is 21.1. The molecule has 0 aliphatic heterocycles. The minimum absolute atomic E-state index is 0.0484. The molecule has 0 saturated heterocycles. The van der Waals surface area contributed by atoms with E-state index < -0.39 is 17.8 Å². The molecule has 4 rings (SSSR count). The highest BCUT2D eigenvalue weighted by Crippen LogP contribution is 2.22. The predicted molar refractivity (Wildman–Crippen MR) is 110 cm³/mol. The molecule has 0 aliphatic rings. The van der Waals surface area contributed by atoms with Gasteiger partial charge in [0.05, 0.1) is 24.4 Å². The number of nitrogens with one attached hydrogen (secondary N) is 1. The summed E-state index contributed by atoms with van der Waals surface area (Å²) in [5.41, 5.74) is 2.23. The SMILES string of the molecule is CCn1cc(C(O)CN(Cc2ccccc2)C(=O)c2n[nH]c3ccc(F)cc23)cn1. The maximum atomic E-state index is 13.8. The molecule has 2 heterocycles. The van der Waals surface area contributed by atoms with E-state index in [9.17, 15) is 14.3 Å². The number of aromatic amines is 1. The van der Waals surface area contributed by atoms with Crippen molar-refractivity contribution < 1.29 is 14.3 Å². The maximum absolute atomic E-state index is 13.8. The number of aliphatic hydroxyl groups is 1. The quantitative estimate of drug-likeness (QED) is 0.492. The van der Waals surface area contributed by atoms with Crippen LogP contribution in [-0.2, 0) is 13.1 Å². The van der Waals surface area contributed by atoms with E-state index in [0.717, 1.165) is 5.56 Å². The second-order valence-electron chi connectivity index (χ2n) is 7.08. The average molecular weight is 407 g/mol. The molecule has 0 radical (unpaired) electrons. The number of rotatable bonds is 7. The van der Waals surface area contributed by atoms with Crippen LogP contribution in [0.15, 0.2) is 60.9 Å². The smallest absolute Gasteiger partial charge is 0.275 e. The summed E-state index contributed by atoms with van der Waals surface area (Å²) in [5.74, 6) is -0.836. The number of aromatic nitrogens is 4. The number of fused-ring (bicyclic) bond motifs is 1. The molecule has 4 aromatic rings. The highest BCUT2D eigenvalue weighted by molar-refractivity contribution is 6.04. The fraction of sp³-hybridized carbons (Fsp3) is 0.227. The lowest BCUT2D eigenvalue weighted by atomic mass is 10.1. The first kappa shape index (κ1) is 19.8. The minimum Gasteiger partial charge on any atom is -0.386 e. The highest BCUT2D eigenvalue weighted by Gasteiger charge is 2.25. The Labute approximate surface area is 172 Å². The molecule has 0 saturated carbocycles. The molecule has 0 bridgehead atoms. The van der Waals surface area contributed by atoms with Crippen LogP contribution < -0.4 is 0 Å². The van der Waals surface area contributed by atoms with Gasteiger partial charge in [0, 0.05) is 30.2 Å². The van der Waals surface area contributed by atoms with E-state index in [4.69, 9.17) is 0 Å². The summed E-state index contributed by atoms with van der Waals surface area (Å²) in [4.78, 5) is 14.9. The standard InChI is InChI=1S/C22H22FN5O2/c1-2-28-13-16(11-24-28)20(29)14-27(12-15-6-4-3-5-7-15)22(30)21-18-10-17(23)8-9-19(18)25-26-21/h3-11,13,20,29H,2,12,14H2,1H3,(H,25,26). The van der Waals surface area contributed by atoms with E-state index in [-0.39, 0.29) is 18.8 Å². The minimum atomic E-state index is -0.917. The largest absolute Gasteiger partial charge is 0.386 e. The average Bonchev–Trinajstić information content (AvgIpc) is 3.40. The number of hydrogen-bond donors (Lipinski definition) is 2. The van der Waals surface area contributed by atoms with Crippen molar-refractivity contribution in [2.75, 3.05) is 6.54 Å². The number of carbonyl (C=O) groups excluding carboxylic acids is 1. The third kappa shape index (κ3) is 4.08. The van der Waals surface area contributed by atoms with Crippen LogP contribution in [0, 0.1) is 5.82 Å². The highest BCUT2D eigenvalue weighted by atomic mass is 19.1. The van der Waals surface area contributed by atoms with Crippen LogP contribution in [-0.4, -0.2) is 42.4 Å². The Morgan fingerprint density at radius 3 is 2.80 bits per heavy atom. The van der Waals surface area contributed by atoms with E-state index in [1.807, 2.05) is 37.3 Å². The van der Waals surface area contributed by atoms with E-state index in [1.54, 1.807) is 23.1 Å². The van der Waals surface area contributed by atoms with E-state index in [0.29, 0.717) is 23.0 Å². The van der Waals surface area contributed by atoms with Crippen molar-refractivity contribution in [1.29, 1.82) is 0 Å². The summed E-state index contributed by atoms with van der Waals surface area (Å²) < 4.78 is 15.5. The van der Waals surface area contributed by atoms with Gasteiger partial charge in [-0.05, 0) is 30.7 Å². The fourth-order valence-electron chi connectivity index (χ4n) is 3.36. The Balaban J connectivity index is 1.65. The van der Waals surface area contributed by atoms with Crippen molar-refractivity contribution in [3.8, 4) is 0 Å². The number of aliphatic hydroxyl groups excluding tert-OH is 1. The summed E-state index contributed by atoms with van der Waals surface area (Å²) in [6.07, 6.45) is 2.44. The first-order valence-corrected chi connectivity index (χ1v) is 9.72. The van der Waals surface area contributed by atoms with Crippen molar-refractivity contribution in [2.45, 2.75) is 26.1 Å². The number of benzene rings is 2. The third-order valence-electron chi connectivity index (χ3n) is 4.99. The second-order valence-corrected chi connectivity index (χ2v) is 7.08. The Bertz CT molecular complexity index is 1150. The molecular formula is C22H22FN5O2. The monoisotopic (exact) mass is 407 g/mol. The van der Waals surface area contributed by atoms with Gasteiger partial charge >= 0.3 is 0 Å². The Hall–Kier alpha value is -3.52. The molecule has 2 aromatic carbocycles. The molecule has 2 aromatic heterocycles. The molecule has 8 heteroatoms. The van der Waals surface area contributed by atoms with Crippen LogP contribution in [0.4, 0.5) is 4.39 Å². The fourth-order valence-corrected chi connectivity index (χ4v) is 3.36. The number of halogens is 1. The predicted octanol–water partition coefficient (Wildman–Crippen LogP) is 3.29. The lowest BCUT2D eigenvalue weighted by molar-refractivity contribution is 0.0600. The lowest BCUT2D eigenvalue weighted by Gasteiger charge is -2.24. The number of amides is 1. The van der Waals surface area contributed by atoms with Crippen LogP contribution in [0.3, 0.4) is 0 Å². The molecule has 0 aliphatic carbocycles. The zero-order valence-corrected chi connectivity index (χ0v) is 16.5. The van der Waals surface area contributed by atoms with Gasteiger partial charge < -0.3 is 10.0 Å².